The van der Waals surface area contributed by atoms with Gasteiger partial charge in [-0.05, 0) is 44.3 Å². The molecule has 0 saturated carbocycles. The highest BCUT2D eigenvalue weighted by Crippen LogP contribution is 2.45. The van der Waals surface area contributed by atoms with Gasteiger partial charge in [0.1, 0.15) is 0 Å². The molecule has 33 heavy (non-hydrogen) atoms. The monoisotopic (exact) mass is 459 g/mol. The van der Waals surface area contributed by atoms with Gasteiger partial charge in [0.05, 0.1) is 16.9 Å². The van der Waals surface area contributed by atoms with Crippen molar-refractivity contribution in [1.82, 2.24) is 9.47 Å². The molecule has 170 valence electrons. The Labute approximate surface area is 201 Å². The second kappa shape index (κ2) is 9.82. The van der Waals surface area contributed by atoms with Crippen molar-refractivity contribution < 1.29 is 4.79 Å². The molecule has 0 aliphatic carbocycles. The maximum Gasteiger partial charge on any atom is 0.228 e. The molecule has 1 aliphatic heterocycles. The van der Waals surface area contributed by atoms with Crippen LogP contribution in [0, 0.1) is 0 Å². The smallest absolute Gasteiger partial charge is 0.228 e. The van der Waals surface area contributed by atoms with Crippen LogP contribution in [0.25, 0.3) is 33.3 Å². The van der Waals surface area contributed by atoms with Gasteiger partial charge in [-0.3, -0.25) is 4.79 Å². The van der Waals surface area contributed by atoms with E-state index in [4.69, 9.17) is 0 Å². The maximum absolute atomic E-state index is 13.2. The standard InChI is InChI=1S/C28H29N3O.ClH/c1-29(2)18-10-19-30-24-16-9-15-23-26(21-11-5-3-6-12-21)27(22-13-7-4-8-14-22)31(28(23)24)20-17-25(30)32;/h3-9,11-16H,10,17-20H2,1-2H3;1H. The molecule has 0 bridgehead atoms. The predicted molar refractivity (Wildman–Crippen MR) is 140 cm³/mol. The number of hydrogen-bond donors (Lipinski definition) is 0. The minimum Gasteiger partial charge on any atom is -0.338 e. The number of aromatic nitrogens is 1. The van der Waals surface area contributed by atoms with E-state index in [1.165, 1.54) is 33.3 Å². The lowest BCUT2D eigenvalue weighted by Gasteiger charge is -2.23. The number of nitrogens with zero attached hydrogens (tertiary/aromatic N) is 3. The number of carbonyl (C=O) groups is 1. The van der Waals surface area contributed by atoms with E-state index in [0.717, 1.165) is 25.2 Å². The molecule has 4 aromatic rings. The number of rotatable bonds is 6. The number of aryl methyl sites for hydroxylation is 1. The van der Waals surface area contributed by atoms with Crippen LogP contribution < -0.4 is 4.90 Å². The zero-order valence-corrected chi connectivity index (χ0v) is 20.0. The summed E-state index contributed by atoms with van der Waals surface area (Å²) in [5, 5.41) is 1.21. The molecule has 0 atom stereocenters. The van der Waals surface area contributed by atoms with Crippen molar-refractivity contribution in [3.8, 4) is 22.4 Å². The Morgan fingerprint density at radius 2 is 1.52 bits per heavy atom. The highest BCUT2D eigenvalue weighted by molar-refractivity contribution is 6.12. The first kappa shape index (κ1) is 23.1. The summed E-state index contributed by atoms with van der Waals surface area (Å²) in [5.41, 5.74) is 7.03. The first-order valence-electron chi connectivity index (χ1n) is 11.4. The van der Waals surface area contributed by atoms with E-state index in [1.54, 1.807) is 0 Å². The number of hydrogen-bond acceptors (Lipinski definition) is 2. The number of amides is 1. The summed E-state index contributed by atoms with van der Waals surface area (Å²) in [6.45, 7) is 2.39. The second-order valence-corrected chi connectivity index (χ2v) is 8.73. The molecule has 1 amide bonds. The third kappa shape index (κ3) is 4.29. The highest BCUT2D eigenvalue weighted by Gasteiger charge is 2.28. The molecule has 1 aromatic heterocycles. The van der Waals surface area contributed by atoms with Crippen LogP contribution in [0.1, 0.15) is 12.8 Å². The molecular formula is C28H30ClN3O. The molecule has 0 fully saturated rings. The van der Waals surface area contributed by atoms with Gasteiger partial charge in [0.2, 0.25) is 5.91 Å². The van der Waals surface area contributed by atoms with Crippen molar-refractivity contribution in [2.24, 2.45) is 0 Å². The fraction of sp³-hybridized carbons (Fsp3) is 0.250. The Morgan fingerprint density at radius 1 is 0.848 bits per heavy atom. The van der Waals surface area contributed by atoms with Crippen molar-refractivity contribution in [2.45, 2.75) is 19.4 Å². The molecule has 0 spiro atoms. The van der Waals surface area contributed by atoms with E-state index in [-0.39, 0.29) is 18.3 Å². The average Bonchev–Trinajstić information content (AvgIpc) is 3.08. The fourth-order valence-corrected chi connectivity index (χ4v) is 4.89. The number of halogens is 1. The van der Waals surface area contributed by atoms with Crippen LogP contribution in [-0.4, -0.2) is 42.6 Å². The van der Waals surface area contributed by atoms with Crippen molar-refractivity contribution in [3.05, 3.63) is 78.9 Å². The van der Waals surface area contributed by atoms with Gasteiger partial charge in [-0.1, -0.05) is 72.8 Å². The van der Waals surface area contributed by atoms with Gasteiger partial charge in [-0.25, -0.2) is 0 Å². The summed E-state index contributed by atoms with van der Waals surface area (Å²) in [6, 6.07) is 27.6. The molecule has 2 heterocycles. The Hall–Kier alpha value is -3.08. The van der Waals surface area contributed by atoms with Gasteiger partial charge in [-0.15, -0.1) is 12.4 Å². The summed E-state index contributed by atoms with van der Waals surface area (Å²) in [6.07, 6.45) is 1.46. The SMILES string of the molecule is CN(C)CCCN1C(=O)CCn2c(-c3ccccc3)c(-c3ccccc3)c3cccc1c32.Cl. The van der Waals surface area contributed by atoms with E-state index >= 15 is 0 Å². The van der Waals surface area contributed by atoms with Gasteiger partial charge in [0.25, 0.3) is 0 Å². The lowest BCUT2D eigenvalue weighted by atomic mass is 9.98. The Balaban J connectivity index is 0.00000259. The normalized spacial score (nSPS) is 13.3. The van der Waals surface area contributed by atoms with Gasteiger partial charge >= 0.3 is 0 Å². The number of carbonyl (C=O) groups excluding carboxylic acids is 1. The molecular weight excluding hydrogens is 430 g/mol. The maximum atomic E-state index is 13.2. The van der Waals surface area contributed by atoms with E-state index in [9.17, 15) is 4.79 Å². The van der Waals surface area contributed by atoms with Crippen molar-refractivity contribution >= 4 is 34.9 Å². The third-order valence-electron chi connectivity index (χ3n) is 6.30. The molecule has 5 rings (SSSR count). The van der Waals surface area contributed by atoms with E-state index in [1.807, 2.05) is 4.90 Å². The zero-order valence-electron chi connectivity index (χ0n) is 19.2. The third-order valence-corrected chi connectivity index (χ3v) is 6.30. The highest BCUT2D eigenvalue weighted by atomic mass is 35.5. The molecule has 0 N–H and O–H groups in total. The second-order valence-electron chi connectivity index (χ2n) is 8.73. The molecule has 0 unspecified atom stereocenters. The van der Waals surface area contributed by atoms with Gasteiger partial charge in [-0.2, -0.15) is 0 Å². The van der Waals surface area contributed by atoms with Crippen LogP contribution in [0.5, 0.6) is 0 Å². The molecule has 3 aromatic carbocycles. The number of para-hydroxylation sites is 1. The summed E-state index contributed by atoms with van der Waals surface area (Å²) < 4.78 is 2.38. The molecule has 0 saturated heterocycles. The summed E-state index contributed by atoms with van der Waals surface area (Å²) in [4.78, 5) is 17.4. The molecule has 1 aliphatic rings. The molecule has 4 nitrogen and oxygen atoms in total. The van der Waals surface area contributed by atoms with Crippen molar-refractivity contribution in [3.63, 3.8) is 0 Å². The fourth-order valence-electron chi connectivity index (χ4n) is 4.89. The van der Waals surface area contributed by atoms with Crippen LogP contribution in [0.15, 0.2) is 78.9 Å². The van der Waals surface area contributed by atoms with Gasteiger partial charge < -0.3 is 14.4 Å². The largest absolute Gasteiger partial charge is 0.338 e. The van der Waals surface area contributed by atoms with Crippen molar-refractivity contribution in [2.75, 3.05) is 32.1 Å². The summed E-state index contributed by atoms with van der Waals surface area (Å²) in [7, 11) is 4.16. The first-order chi connectivity index (χ1) is 15.6. The Kier molecular flexibility index (Phi) is 6.87. The van der Waals surface area contributed by atoms with Crippen LogP contribution in [-0.2, 0) is 11.3 Å². The lowest BCUT2D eigenvalue weighted by Crippen LogP contribution is -2.32. The van der Waals surface area contributed by atoms with Crippen LogP contribution >= 0.6 is 12.4 Å². The van der Waals surface area contributed by atoms with Crippen LogP contribution in [0.3, 0.4) is 0 Å². The average molecular weight is 460 g/mol. The number of benzene rings is 3. The summed E-state index contributed by atoms with van der Waals surface area (Å²) >= 11 is 0. The molecule has 5 heteroatoms. The minimum absolute atomic E-state index is 0. The van der Waals surface area contributed by atoms with Crippen LogP contribution in [0.2, 0.25) is 0 Å². The lowest BCUT2D eigenvalue weighted by molar-refractivity contribution is -0.118. The van der Waals surface area contributed by atoms with E-state index in [0.29, 0.717) is 13.0 Å². The predicted octanol–water partition coefficient (Wildman–Crippen LogP) is 6.09. The van der Waals surface area contributed by atoms with Gasteiger partial charge in [0.15, 0.2) is 0 Å². The topological polar surface area (TPSA) is 28.5 Å². The van der Waals surface area contributed by atoms with Gasteiger partial charge in [0, 0.05) is 30.5 Å². The van der Waals surface area contributed by atoms with Crippen LogP contribution in [0.4, 0.5) is 5.69 Å². The quantitative estimate of drug-likeness (QED) is 0.349. The van der Waals surface area contributed by atoms with E-state index < -0.39 is 0 Å². The zero-order chi connectivity index (χ0) is 22.1. The van der Waals surface area contributed by atoms with E-state index in [2.05, 4.69) is 102 Å². The Bertz CT molecular complexity index is 1250. The minimum atomic E-state index is 0. The summed E-state index contributed by atoms with van der Waals surface area (Å²) in [5.74, 6) is 0.209. The first-order valence-corrected chi connectivity index (χ1v) is 11.4. The number of anilines is 1. The van der Waals surface area contributed by atoms with Crippen molar-refractivity contribution in [1.29, 1.82) is 0 Å². The molecule has 0 radical (unpaired) electrons. The Morgan fingerprint density at radius 3 is 2.18 bits per heavy atom.